The van der Waals surface area contributed by atoms with Crippen LogP contribution in [0.25, 0.3) is 0 Å². The van der Waals surface area contributed by atoms with Crippen molar-refractivity contribution < 1.29 is 4.42 Å². The van der Waals surface area contributed by atoms with Gasteiger partial charge in [-0.3, -0.25) is 0 Å². The van der Waals surface area contributed by atoms with Gasteiger partial charge in [-0.1, -0.05) is 50.9 Å². The van der Waals surface area contributed by atoms with Gasteiger partial charge in [0.2, 0.25) is 11.8 Å². The van der Waals surface area contributed by atoms with Gasteiger partial charge < -0.3 is 8.98 Å². The monoisotopic (exact) mass is 347 g/mol. The third kappa shape index (κ3) is 3.88. The number of nitrogens with zero attached hydrogens (tertiary/aromatic N) is 5. The predicted molar refractivity (Wildman–Crippen MR) is 94.0 cm³/mol. The van der Waals surface area contributed by atoms with E-state index in [9.17, 15) is 0 Å². The van der Waals surface area contributed by atoms with Gasteiger partial charge in [0, 0.05) is 18.4 Å². The molecule has 0 atom stereocenters. The summed E-state index contributed by atoms with van der Waals surface area (Å²) < 4.78 is 7.86. The van der Waals surface area contributed by atoms with Crippen LogP contribution in [-0.4, -0.2) is 25.0 Å². The highest BCUT2D eigenvalue weighted by molar-refractivity contribution is 7.98. The van der Waals surface area contributed by atoms with Gasteiger partial charge in [-0.25, -0.2) is 0 Å². The third-order valence-corrected chi connectivity index (χ3v) is 5.28. The average Bonchev–Trinajstić information content (AvgIpc) is 3.21. The predicted octanol–water partition coefficient (Wildman–Crippen LogP) is 4.31. The highest BCUT2D eigenvalue weighted by Gasteiger charge is 2.23. The summed E-state index contributed by atoms with van der Waals surface area (Å²) in [6, 6.07) is 0. The molecule has 0 spiro atoms. The fourth-order valence-corrected chi connectivity index (χ4v) is 3.85. The van der Waals surface area contributed by atoms with E-state index in [1.165, 1.54) is 32.1 Å². The van der Waals surface area contributed by atoms with E-state index in [0.29, 0.717) is 23.5 Å². The van der Waals surface area contributed by atoms with E-state index >= 15 is 0 Å². The first-order valence-electron chi connectivity index (χ1n) is 8.68. The highest BCUT2D eigenvalue weighted by Crippen LogP contribution is 2.33. The highest BCUT2D eigenvalue weighted by atomic mass is 32.2. The van der Waals surface area contributed by atoms with Gasteiger partial charge in [-0.05, 0) is 12.8 Å². The Labute approximate surface area is 147 Å². The van der Waals surface area contributed by atoms with Gasteiger partial charge in [-0.15, -0.1) is 27.0 Å². The Morgan fingerprint density at radius 2 is 2.00 bits per heavy atom. The molecule has 0 amide bonds. The van der Waals surface area contributed by atoms with Crippen molar-refractivity contribution in [3.8, 4) is 0 Å². The molecule has 1 saturated carbocycles. The van der Waals surface area contributed by atoms with Crippen LogP contribution in [0, 0.1) is 0 Å². The Balaban J connectivity index is 1.72. The molecule has 0 unspecified atom stereocenters. The lowest BCUT2D eigenvalue weighted by atomic mass is 9.89. The SMILES string of the molecule is C=CCn1c(SCc2nnc(C(C)C)o2)nnc1C1CCCCC1. The Morgan fingerprint density at radius 3 is 2.67 bits per heavy atom. The number of rotatable bonds is 7. The molecule has 0 radical (unpaired) electrons. The third-order valence-electron chi connectivity index (χ3n) is 4.33. The van der Waals surface area contributed by atoms with E-state index in [2.05, 4.69) is 31.5 Å². The van der Waals surface area contributed by atoms with Crippen LogP contribution < -0.4 is 0 Å². The van der Waals surface area contributed by atoms with Crippen LogP contribution in [0.3, 0.4) is 0 Å². The lowest BCUT2D eigenvalue weighted by Crippen LogP contribution is -2.12. The van der Waals surface area contributed by atoms with Crippen LogP contribution in [-0.2, 0) is 12.3 Å². The molecule has 2 heterocycles. The number of hydrogen-bond acceptors (Lipinski definition) is 6. The van der Waals surface area contributed by atoms with E-state index in [4.69, 9.17) is 4.42 Å². The van der Waals surface area contributed by atoms with Crippen molar-refractivity contribution in [3.05, 3.63) is 30.3 Å². The summed E-state index contributed by atoms with van der Waals surface area (Å²) >= 11 is 1.60. The largest absolute Gasteiger partial charge is 0.424 e. The van der Waals surface area contributed by atoms with Crippen LogP contribution in [0.4, 0.5) is 0 Å². The van der Waals surface area contributed by atoms with Crippen LogP contribution in [0.15, 0.2) is 22.2 Å². The normalized spacial score (nSPS) is 16.0. The maximum absolute atomic E-state index is 5.67. The lowest BCUT2D eigenvalue weighted by Gasteiger charge is -2.21. The van der Waals surface area contributed by atoms with Crippen molar-refractivity contribution in [2.75, 3.05) is 0 Å². The molecule has 0 aromatic carbocycles. The van der Waals surface area contributed by atoms with E-state index in [-0.39, 0.29) is 5.92 Å². The van der Waals surface area contributed by atoms with Gasteiger partial charge in [0.25, 0.3) is 0 Å². The van der Waals surface area contributed by atoms with Crippen molar-refractivity contribution in [2.45, 2.75) is 75.2 Å². The first-order chi connectivity index (χ1) is 11.7. The second-order valence-corrected chi connectivity index (χ2v) is 7.49. The fourth-order valence-electron chi connectivity index (χ4n) is 3.05. The zero-order valence-electron chi connectivity index (χ0n) is 14.4. The maximum atomic E-state index is 5.67. The van der Waals surface area contributed by atoms with Gasteiger partial charge in [0.05, 0.1) is 5.75 Å². The number of aromatic nitrogens is 5. The summed E-state index contributed by atoms with van der Waals surface area (Å²) in [5.41, 5.74) is 0. The molecular weight excluding hydrogens is 322 g/mol. The lowest BCUT2D eigenvalue weighted by molar-refractivity contribution is 0.415. The van der Waals surface area contributed by atoms with E-state index < -0.39 is 0 Å². The minimum atomic E-state index is 0.249. The van der Waals surface area contributed by atoms with Crippen molar-refractivity contribution in [3.63, 3.8) is 0 Å². The van der Waals surface area contributed by atoms with Crippen molar-refractivity contribution >= 4 is 11.8 Å². The zero-order valence-corrected chi connectivity index (χ0v) is 15.3. The molecule has 1 fully saturated rings. The molecule has 2 aromatic rings. The molecule has 0 N–H and O–H groups in total. The molecule has 0 aliphatic heterocycles. The molecular formula is C17H25N5OS. The van der Waals surface area contributed by atoms with Crippen molar-refractivity contribution in [1.29, 1.82) is 0 Å². The van der Waals surface area contributed by atoms with Crippen LogP contribution in [0.1, 0.15) is 75.4 Å². The van der Waals surface area contributed by atoms with Gasteiger partial charge in [0.1, 0.15) is 5.82 Å². The number of hydrogen-bond donors (Lipinski definition) is 0. The Hall–Kier alpha value is -1.63. The first-order valence-corrected chi connectivity index (χ1v) is 9.66. The average molecular weight is 347 g/mol. The zero-order chi connectivity index (χ0) is 16.9. The topological polar surface area (TPSA) is 69.6 Å². The first kappa shape index (κ1) is 17.2. The quantitative estimate of drug-likeness (QED) is 0.549. The smallest absolute Gasteiger partial charge is 0.226 e. The Morgan fingerprint density at radius 1 is 1.21 bits per heavy atom. The molecule has 24 heavy (non-hydrogen) atoms. The molecule has 3 rings (SSSR count). The molecule has 0 saturated heterocycles. The molecule has 130 valence electrons. The van der Waals surface area contributed by atoms with Crippen LogP contribution in [0.2, 0.25) is 0 Å². The summed E-state index contributed by atoms with van der Waals surface area (Å²) in [4.78, 5) is 0. The number of thioether (sulfide) groups is 1. The van der Waals surface area contributed by atoms with Crippen molar-refractivity contribution in [1.82, 2.24) is 25.0 Å². The second-order valence-electron chi connectivity index (χ2n) is 6.55. The van der Waals surface area contributed by atoms with Crippen LogP contribution in [0.5, 0.6) is 0 Å². The summed E-state index contributed by atoms with van der Waals surface area (Å²) in [7, 11) is 0. The van der Waals surface area contributed by atoms with E-state index in [1.807, 2.05) is 19.9 Å². The van der Waals surface area contributed by atoms with Gasteiger partial charge in [-0.2, -0.15) is 0 Å². The van der Waals surface area contributed by atoms with Gasteiger partial charge >= 0.3 is 0 Å². The minimum absolute atomic E-state index is 0.249. The molecule has 2 aromatic heterocycles. The summed E-state index contributed by atoms with van der Waals surface area (Å²) in [5, 5.41) is 18.0. The molecule has 0 bridgehead atoms. The van der Waals surface area contributed by atoms with Crippen molar-refractivity contribution in [2.24, 2.45) is 0 Å². The van der Waals surface area contributed by atoms with E-state index in [1.54, 1.807) is 11.8 Å². The molecule has 7 heteroatoms. The van der Waals surface area contributed by atoms with Crippen LogP contribution >= 0.6 is 11.8 Å². The maximum Gasteiger partial charge on any atom is 0.226 e. The van der Waals surface area contributed by atoms with E-state index in [0.717, 1.165) is 17.5 Å². The minimum Gasteiger partial charge on any atom is -0.424 e. The molecule has 1 aliphatic rings. The summed E-state index contributed by atoms with van der Waals surface area (Å²) in [6.45, 7) is 8.70. The Bertz CT molecular complexity index is 672. The summed E-state index contributed by atoms with van der Waals surface area (Å²) in [5.74, 6) is 3.80. The fraction of sp³-hybridized carbons (Fsp3) is 0.647. The Kier molecular flexibility index (Phi) is 5.71. The molecule has 6 nitrogen and oxygen atoms in total. The molecule has 1 aliphatic carbocycles. The number of allylic oxidation sites excluding steroid dienone is 1. The second kappa shape index (κ2) is 7.96. The summed E-state index contributed by atoms with van der Waals surface area (Å²) in [6.07, 6.45) is 8.23. The van der Waals surface area contributed by atoms with Gasteiger partial charge in [0.15, 0.2) is 5.16 Å². The standard InChI is InChI=1S/C17H25N5OS/c1-4-10-22-15(13-8-6-5-7-9-13)19-21-17(22)24-11-14-18-20-16(23-14)12(2)3/h4,12-13H,1,5-11H2,2-3H3.